The average molecular weight is 153 g/mol. The highest BCUT2D eigenvalue weighted by Gasteiger charge is 2.17. The molecule has 0 fully saturated rings. The first-order valence-corrected chi connectivity index (χ1v) is 3.12. The van der Waals surface area contributed by atoms with Crippen LogP contribution in [-0.4, -0.2) is 16.5 Å². The molecule has 1 N–H and O–H groups in total. The minimum atomic E-state index is -0.482. The van der Waals surface area contributed by atoms with Gasteiger partial charge in [-0.25, -0.2) is 0 Å². The molecule has 0 bridgehead atoms. The molecule has 0 saturated carbocycles. The SMILES string of the molecule is CC(C)(CO)SOO[O-]. The highest BCUT2D eigenvalue weighted by molar-refractivity contribution is 7.95. The second-order valence-corrected chi connectivity index (χ2v) is 3.55. The minimum absolute atomic E-state index is 0.0684. The van der Waals surface area contributed by atoms with E-state index in [4.69, 9.17) is 5.11 Å². The summed E-state index contributed by atoms with van der Waals surface area (Å²) < 4.78 is 3.51. The third kappa shape index (κ3) is 4.68. The summed E-state index contributed by atoms with van der Waals surface area (Å²) in [6.45, 7) is 3.37. The predicted molar refractivity (Wildman–Crippen MR) is 30.9 cm³/mol. The van der Waals surface area contributed by atoms with Crippen LogP contribution in [0.1, 0.15) is 13.8 Å². The lowest BCUT2D eigenvalue weighted by Crippen LogP contribution is -2.21. The number of aliphatic hydroxyl groups is 1. The number of hydrogen-bond acceptors (Lipinski definition) is 5. The van der Waals surface area contributed by atoms with Crippen LogP contribution in [0, 0.1) is 0 Å². The first-order valence-electron chi connectivity index (χ1n) is 2.37. The second kappa shape index (κ2) is 4.08. The standard InChI is InChI=1S/C4H10O4S/c1-4(2,3-5)9-8-7-6/h5-6H,3H2,1-2H3/p-1. The van der Waals surface area contributed by atoms with Crippen LogP contribution in [-0.2, 0) is 9.37 Å². The van der Waals surface area contributed by atoms with Crippen molar-refractivity contribution < 1.29 is 19.7 Å². The van der Waals surface area contributed by atoms with E-state index in [0.29, 0.717) is 0 Å². The summed E-state index contributed by atoms with van der Waals surface area (Å²) >= 11 is 0.794. The smallest absolute Gasteiger partial charge is 0.0628 e. The van der Waals surface area contributed by atoms with E-state index in [0.717, 1.165) is 12.0 Å². The van der Waals surface area contributed by atoms with Crippen LogP contribution in [0.15, 0.2) is 0 Å². The van der Waals surface area contributed by atoms with Gasteiger partial charge in [0.2, 0.25) is 0 Å². The van der Waals surface area contributed by atoms with Crippen LogP contribution in [0.3, 0.4) is 0 Å². The number of hydrogen-bond donors (Lipinski definition) is 1. The molecule has 0 atom stereocenters. The molecule has 0 unspecified atom stereocenters. The van der Waals surface area contributed by atoms with Gasteiger partial charge in [0.05, 0.1) is 11.4 Å². The van der Waals surface area contributed by atoms with E-state index in [2.05, 4.69) is 9.37 Å². The molecule has 0 radical (unpaired) electrons. The Morgan fingerprint density at radius 2 is 2.22 bits per heavy atom. The Labute approximate surface area is 57.8 Å². The van der Waals surface area contributed by atoms with Crippen molar-refractivity contribution in [2.45, 2.75) is 18.6 Å². The summed E-state index contributed by atoms with van der Waals surface area (Å²) in [6, 6.07) is 0. The Hall–Kier alpha value is 0.190. The monoisotopic (exact) mass is 153 g/mol. The van der Waals surface area contributed by atoms with Gasteiger partial charge in [0.25, 0.3) is 0 Å². The molecule has 0 rings (SSSR count). The van der Waals surface area contributed by atoms with Crippen molar-refractivity contribution in [3.05, 3.63) is 0 Å². The Kier molecular flexibility index (Phi) is 4.16. The van der Waals surface area contributed by atoms with E-state index < -0.39 is 4.75 Å². The molecular formula is C4H9O4S-. The lowest BCUT2D eigenvalue weighted by Gasteiger charge is -2.18. The Balaban J connectivity index is 3.33. The van der Waals surface area contributed by atoms with Crippen LogP contribution in [0.2, 0.25) is 0 Å². The third-order valence-electron chi connectivity index (χ3n) is 0.668. The fourth-order valence-electron chi connectivity index (χ4n) is 0.132. The van der Waals surface area contributed by atoms with Gasteiger partial charge < -0.3 is 10.4 Å². The summed E-state index contributed by atoms with van der Waals surface area (Å²) in [5.74, 6) is 0. The number of aliphatic hydroxyl groups excluding tert-OH is 1. The van der Waals surface area contributed by atoms with Gasteiger partial charge in [0.1, 0.15) is 0 Å². The second-order valence-electron chi connectivity index (χ2n) is 2.14. The first kappa shape index (κ1) is 9.19. The molecule has 0 amide bonds. The summed E-state index contributed by atoms with van der Waals surface area (Å²) in [5.41, 5.74) is 0. The zero-order chi connectivity index (χ0) is 7.33. The van der Waals surface area contributed by atoms with E-state index >= 15 is 0 Å². The van der Waals surface area contributed by atoms with Gasteiger partial charge in [-0.3, -0.25) is 5.04 Å². The molecule has 0 aromatic rings. The quantitative estimate of drug-likeness (QED) is 0.339. The van der Waals surface area contributed by atoms with Crippen LogP contribution >= 0.6 is 12.0 Å². The summed E-state index contributed by atoms with van der Waals surface area (Å²) in [4.78, 5) is 0. The van der Waals surface area contributed by atoms with Crippen molar-refractivity contribution in [3.8, 4) is 0 Å². The maximum absolute atomic E-state index is 9.27. The molecule has 0 aliphatic carbocycles. The highest BCUT2D eigenvalue weighted by atomic mass is 32.2. The zero-order valence-corrected chi connectivity index (χ0v) is 6.10. The van der Waals surface area contributed by atoms with Crippen LogP contribution in [0.5, 0.6) is 0 Å². The fraction of sp³-hybridized carbons (Fsp3) is 1.00. The third-order valence-corrected chi connectivity index (χ3v) is 1.37. The van der Waals surface area contributed by atoms with Gasteiger partial charge >= 0.3 is 0 Å². The minimum Gasteiger partial charge on any atom is -0.691 e. The van der Waals surface area contributed by atoms with Gasteiger partial charge in [0, 0.05) is 12.0 Å². The van der Waals surface area contributed by atoms with E-state index in [1.807, 2.05) is 0 Å². The Morgan fingerprint density at radius 3 is 2.56 bits per heavy atom. The normalized spacial score (nSPS) is 12.0. The Morgan fingerprint density at radius 1 is 1.67 bits per heavy atom. The van der Waals surface area contributed by atoms with Gasteiger partial charge in [-0.1, -0.05) is 0 Å². The van der Waals surface area contributed by atoms with Crippen molar-refractivity contribution in [1.82, 2.24) is 0 Å². The largest absolute Gasteiger partial charge is 0.691 e. The molecule has 0 aromatic carbocycles. The molecule has 0 spiro atoms. The van der Waals surface area contributed by atoms with E-state index in [9.17, 15) is 5.26 Å². The summed E-state index contributed by atoms with van der Waals surface area (Å²) in [7, 11) is 0. The molecule has 0 saturated heterocycles. The fourth-order valence-corrected chi connectivity index (χ4v) is 0.397. The maximum Gasteiger partial charge on any atom is 0.0628 e. The van der Waals surface area contributed by atoms with Crippen molar-refractivity contribution in [1.29, 1.82) is 0 Å². The summed E-state index contributed by atoms with van der Waals surface area (Å²) in [5, 5.41) is 20.9. The average Bonchev–Trinajstić information content (AvgIpc) is 1.84. The maximum atomic E-state index is 9.27. The molecule has 9 heavy (non-hydrogen) atoms. The number of rotatable bonds is 4. The molecule has 4 nitrogen and oxygen atoms in total. The van der Waals surface area contributed by atoms with E-state index in [1.54, 1.807) is 13.8 Å². The van der Waals surface area contributed by atoms with Gasteiger partial charge in [-0.15, -0.1) is 0 Å². The van der Waals surface area contributed by atoms with Gasteiger partial charge in [0.15, 0.2) is 0 Å². The van der Waals surface area contributed by atoms with Crippen molar-refractivity contribution in [2.75, 3.05) is 6.61 Å². The lowest BCUT2D eigenvalue weighted by molar-refractivity contribution is -0.777. The lowest BCUT2D eigenvalue weighted by atomic mass is 10.2. The van der Waals surface area contributed by atoms with Crippen LogP contribution < -0.4 is 5.26 Å². The van der Waals surface area contributed by atoms with E-state index in [-0.39, 0.29) is 6.61 Å². The molecule has 0 aliphatic heterocycles. The molecule has 56 valence electrons. The van der Waals surface area contributed by atoms with Gasteiger partial charge in [-0.2, -0.15) is 4.33 Å². The predicted octanol–water partition coefficient (Wildman–Crippen LogP) is -0.371. The van der Waals surface area contributed by atoms with Crippen LogP contribution in [0.4, 0.5) is 0 Å². The van der Waals surface area contributed by atoms with Crippen molar-refractivity contribution in [3.63, 3.8) is 0 Å². The molecule has 5 heteroatoms. The van der Waals surface area contributed by atoms with Gasteiger partial charge in [-0.05, 0) is 13.8 Å². The Bertz CT molecular complexity index is 75.0. The van der Waals surface area contributed by atoms with Crippen LogP contribution in [0.25, 0.3) is 0 Å². The highest BCUT2D eigenvalue weighted by Crippen LogP contribution is 2.23. The zero-order valence-electron chi connectivity index (χ0n) is 5.29. The molecule has 0 aromatic heterocycles. The molecule has 0 heterocycles. The van der Waals surface area contributed by atoms with Crippen molar-refractivity contribution in [2.24, 2.45) is 0 Å². The summed E-state index contributed by atoms with van der Waals surface area (Å²) in [6.07, 6.45) is 0. The molecule has 0 aliphatic rings. The molecular weight excluding hydrogens is 144 g/mol. The van der Waals surface area contributed by atoms with E-state index in [1.165, 1.54) is 0 Å². The topological polar surface area (TPSA) is 61.8 Å². The first-order chi connectivity index (χ1) is 4.12. The van der Waals surface area contributed by atoms with Crippen molar-refractivity contribution >= 4 is 12.0 Å².